The normalized spacial score (nSPS) is 27.1. The summed E-state index contributed by atoms with van der Waals surface area (Å²) in [7, 11) is 0. The van der Waals surface area contributed by atoms with Gasteiger partial charge in [0.15, 0.2) is 0 Å². The first kappa shape index (κ1) is 10.6. The second-order valence-corrected chi connectivity index (χ2v) is 4.66. The summed E-state index contributed by atoms with van der Waals surface area (Å²) >= 11 is 1.66. The molecule has 0 spiro atoms. The molecule has 1 aliphatic rings. The van der Waals surface area contributed by atoms with Gasteiger partial charge in [0.05, 0.1) is 6.04 Å². The number of piperidine rings is 1. The zero-order valence-electron chi connectivity index (χ0n) is 8.85. The van der Waals surface area contributed by atoms with Crippen molar-refractivity contribution in [1.29, 1.82) is 0 Å². The quantitative estimate of drug-likeness (QED) is 0.832. The predicted octanol–water partition coefficient (Wildman–Crippen LogP) is 1.76. The molecule has 1 aromatic heterocycles. The molecule has 0 aromatic carbocycles. The first-order valence-electron chi connectivity index (χ1n) is 5.31. The molecule has 0 bridgehead atoms. The van der Waals surface area contributed by atoms with Crippen LogP contribution in [-0.4, -0.2) is 23.4 Å². The zero-order chi connectivity index (χ0) is 10.8. The summed E-state index contributed by atoms with van der Waals surface area (Å²) in [4.78, 5) is 13.6. The minimum atomic E-state index is 0.0808. The van der Waals surface area contributed by atoms with Crippen molar-refractivity contribution in [2.24, 2.45) is 5.73 Å². The van der Waals surface area contributed by atoms with Crippen LogP contribution >= 0.6 is 11.3 Å². The number of hydrogen-bond acceptors (Lipinski definition) is 3. The average molecular weight is 224 g/mol. The van der Waals surface area contributed by atoms with Crippen LogP contribution in [0.25, 0.3) is 0 Å². The number of carbonyl (C=O) groups excluding carboxylic acids is 1. The van der Waals surface area contributed by atoms with E-state index in [1.165, 1.54) is 5.56 Å². The molecule has 2 heterocycles. The number of nitrogens with two attached hydrogens (primary N) is 1. The maximum absolute atomic E-state index is 11.8. The first-order valence-corrected chi connectivity index (χ1v) is 6.25. The number of likely N-dealkylation sites (N-methyl/N-ethyl adjacent to an activating group) is 1. The minimum absolute atomic E-state index is 0.0808. The SMILES string of the molecule is CCN1C(=O)CCC(N)C1c1ccsc1. The van der Waals surface area contributed by atoms with E-state index < -0.39 is 0 Å². The van der Waals surface area contributed by atoms with E-state index in [2.05, 4.69) is 11.4 Å². The highest BCUT2D eigenvalue weighted by Crippen LogP contribution is 2.31. The van der Waals surface area contributed by atoms with Crippen LogP contribution in [0.1, 0.15) is 31.4 Å². The average Bonchev–Trinajstić information content (AvgIpc) is 2.74. The molecule has 0 aliphatic carbocycles. The molecular formula is C11H16N2OS. The number of carbonyl (C=O) groups is 1. The van der Waals surface area contributed by atoms with Crippen molar-refractivity contribution in [1.82, 2.24) is 4.90 Å². The molecule has 2 atom stereocenters. The molecule has 82 valence electrons. The molecule has 2 unspecified atom stereocenters. The number of likely N-dealkylation sites (tertiary alicyclic amines) is 1. The number of amides is 1. The van der Waals surface area contributed by atoms with Crippen molar-refractivity contribution >= 4 is 17.2 Å². The van der Waals surface area contributed by atoms with Crippen molar-refractivity contribution in [3.05, 3.63) is 22.4 Å². The van der Waals surface area contributed by atoms with E-state index in [4.69, 9.17) is 5.73 Å². The van der Waals surface area contributed by atoms with Crippen molar-refractivity contribution in [2.45, 2.75) is 31.8 Å². The summed E-state index contributed by atoms with van der Waals surface area (Å²) in [6.07, 6.45) is 1.39. The standard InChI is InChI=1S/C11H16N2OS/c1-2-13-10(14)4-3-9(12)11(13)8-5-6-15-7-8/h5-7,9,11H,2-4,12H2,1H3. The van der Waals surface area contributed by atoms with Crippen LogP contribution in [0, 0.1) is 0 Å². The second kappa shape index (κ2) is 4.33. The fraction of sp³-hybridized carbons (Fsp3) is 0.545. The summed E-state index contributed by atoms with van der Waals surface area (Å²) in [5.41, 5.74) is 7.29. The Bertz CT molecular complexity index is 336. The Kier molecular flexibility index (Phi) is 3.07. The van der Waals surface area contributed by atoms with Gasteiger partial charge in [-0.3, -0.25) is 4.79 Å². The molecule has 2 rings (SSSR count). The largest absolute Gasteiger partial charge is 0.334 e. The molecular weight excluding hydrogens is 208 g/mol. The molecule has 1 aliphatic heterocycles. The molecule has 1 fully saturated rings. The summed E-state index contributed by atoms with van der Waals surface area (Å²) < 4.78 is 0. The van der Waals surface area contributed by atoms with Gasteiger partial charge in [-0.2, -0.15) is 11.3 Å². The molecule has 15 heavy (non-hydrogen) atoms. The van der Waals surface area contributed by atoms with Gasteiger partial charge in [-0.25, -0.2) is 0 Å². The van der Waals surface area contributed by atoms with Crippen LogP contribution < -0.4 is 5.73 Å². The van der Waals surface area contributed by atoms with Gasteiger partial charge in [-0.05, 0) is 35.7 Å². The van der Waals surface area contributed by atoms with Gasteiger partial charge in [-0.15, -0.1) is 0 Å². The molecule has 4 heteroatoms. The van der Waals surface area contributed by atoms with Gasteiger partial charge in [0.2, 0.25) is 5.91 Å². The van der Waals surface area contributed by atoms with Gasteiger partial charge in [-0.1, -0.05) is 0 Å². The summed E-state index contributed by atoms with van der Waals surface area (Å²) in [5, 5.41) is 4.13. The van der Waals surface area contributed by atoms with Gasteiger partial charge >= 0.3 is 0 Å². The third kappa shape index (κ3) is 1.92. The van der Waals surface area contributed by atoms with Crippen LogP contribution in [0.4, 0.5) is 0 Å². The van der Waals surface area contributed by atoms with E-state index in [1.807, 2.05) is 17.2 Å². The van der Waals surface area contributed by atoms with E-state index in [1.54, 1.807) is 11.3 Å². The molecule has 1 saturated heterocycles. The van der Waals surface area contributed by atoms with E-state index >= 15 is 0 Å². The number of thiophene rings is 1. The molecule has 1 amide bonds. The molecule has 1 aromatic rings. The Morgan fingerprint density at radius 1 is 1.67 bits per heavy atom. The van der Waals surface area contributed by atoms with Gasteiger partial charge in [0.25, 0.3) is 0 Å². The number of hydrogen-bond donors (Lipinski definition) is 1. The number of nitrogens with zero attached hydrogens (tertiary/aromatic N) is 1. The second-order valence-electron chi connectivity index (χ2n) is 3.88. The first-order chi connectivity index (χ1) is 7.24. The third-order valence-corrected chi connectivity index (χ3v) is 3.68. The fourth-order valence-electron chi connectivity index (χ4n) is 2.22. The van der Waals surface area contributed by atoms with E-state index in [0.717, 1.165) is 13.0 Å². The summed E-state index contributed by atoms with van der Waals surface area (Å²) in [6.45, 7) is 2.75. The van der Waals surface area contributed by atoms with Crippen LogP contribution in [0.5, 0.6) is 0 Å². The Morgan fingerprint density at radius 3 is 3.07 bits per heavy atom. The topological polar surface area (TPSA) is 46.3 Å². The Labute approximate surface area is 93.9 Å². The lowest BCUT2D eigenvalue weighted by Crippen LogP contribution is -2.48. The highest BCUT2D eigenvalue weighted by atomic mass is 32.1. The third-order valence-electron chi connectivity index (χ3n) is 2.98. The highest BCUT2D eigenvalue weighted by Gasteiger charge is 2.33. The van der Waals surface area contributed by atoms with Crippen LogP contribution in [0.2, 0.25) is 0 Å². The van der Waals surface area contributed by atoms with Crippen LogP contribution in [-0.2, 0) is 4.79 Å². The summed E-state index contributed by atoms with van der Waals surface area (Å²) in [5.74, 6) is 0.232. The molecule has 3 nitrogen and oxygen atoms in total. The molecule has 0 saturated carbocycles. The van der Waals surface area contributed by atoms with E-state index in [0.29, 0.717) is 6.42 Å². The lowest BCUT2D eigenvalue weighted by atomic mass is 9.92. The predicted molar refractivity (Wildman–Crippen MR) is 61.7 cm³/mol. The summed E-state index contributed by atoms with van der Waals surface area (Å²) in [6, 6.07) is 2.23. The van der Waals surface area contributed by atoms with Gasteiger partial charge in [0.1, 0.15) is 0 Å². The molecule has 0 radical (unpaired) electrons. The van der Waals surface area contributed by atoms with Crippen molar-refractivity contribution in [2.75, 3.05) is 6.54 Å². The maximum Gasteiger partial charge on any atom is 0.223 e. The van der Waals surface area contributed by atoms with E-state index in [9.17, 15) is 4.79 Å². The lowest BCUT2D eigenvalue weighted by Gasteiger charge is -2.38. The van der Waals surface area contributed by atoms with Crippen LogP contribution in [0.15, 0.2) is 16.8 Å². The lowest BCUT2D eigenvalue weighted by molar-refractivity contribution is -0.137. The van der Waals surface area contributed by atoms with Gasteiger partial charge < -0.3 is 10.6 Å². The number of rotatable bonds is 2. The van der Waals surface area contributed by atoms with Gasteiger partial charge in [0, 0.05) is 19.0 Å². The Hall–Kier alpha value is -0.870. The van der Waals surface area contributed by atoms with Crippen molar-refractivity contribution < 1.29 is 4.79 Å². The minimum Gasteiger partial charge on any atom is -0.334 e. The Balaban J connectivity index is 2.28. The maximum atomic E-state index is 11.8. The molecule has 2 N–H and O–H groups in total. The smallest absolute Gasteiger partial charge is 0.223 e. The monoisotopic (exact) mass is 224 g/mol. The zero-order valence-corrected chi connectivity index (χ0v) is 9.67. The van der Waals surface area contributed by atoms with Crippen molar-refractivity contribution in [3.8, 4) is 0 Å². The van der Waals surface area contributed by atoms with Crippen molar-refractivity contribution in [3.63, 3.8) is 0 Å². The Morgan fingerprint density at radius 2 is 2.47 bits per heavy atom. The van der Waals surface area contributed by atoms with Crippen LogP contribution in [0.3, 0.4) is 0 Å². The highest BCUT2D eigenvalue weighted by molar-refractivity contribution is 7.07. The fourth-order valence-corrected chi connectivity index (χ4v) is 2.91. The van der Waals surface area contributed by atoms with E-state index in [-0.39, 0.29) is 18.0 Å².